The maximum absolute atomic E-state index is 9.16. The Hall–Kier alpha value is -1.82. The Morgan fingerprint density at radius 2 is 2.00 bits per heavy atom. The molecule has 3 heteroatoms. The Bertz CT molecular complexity index is 543. The van der Waals surface area contributed by atoms with Crippen LogP contribution in [0.2, 0.25) is 0 Å². The van der Waals surface area contributed by atoms with Gasteiger partial charge in [-0.15, -0.1) is 0 Å². The fraction of sp³-hybridized carbons (Fsp3) is 0.333. The number of fused-ring (bicyclic) bond motifs is 1. The van der Waals surface area contributed by atoms with Gasteiger partial charge in [-0.3, -0.25) is 4.68 Å². The Kier molecular flexibility index (Phi) is 2.01. The molecular weight excluding hydrogens is 186 g/mol. The van der Waals surface area contributed by atoms with Crippen molar-refractivity contribution in [3.63, 3.8) is 0 Å². The second-order valence-electron chi connectivity index (χ2n) is 4.23. The fourth-order valence-electron chi connectivity index (χ4n) is 1.94. The van der Waals surface area contributed by atoms with E-state index in [9.17, 15) is 0 Å². The molecule has 0 aliphatic rings. The van der Waals surface area contributed by atoms with E-state index in [0.29, 0.717) is 0 Å². The SMILES string of the molecule is Cn1nc2ccccc2c1C(C)(C)C#N. The van der Waals surface area contributed by atoms with Crippen molar-refractivity contribution in [2.24, 2.45) is 7.05 Å². The molecule has 1 heterocycles. The molecule has 0 aliphatic heterocycles. The van der Waals surface area contributed by atoms with Crippen LogP contribution in [0.5, 0.6) is 0 Å². The molecular formula is C12H13N3. The lowest BCUT2D eigenvalue weighted by molar-refractivity contribution is 0.593. The summed E-state index contributed by atoms with van der Waals surface area (Å²) in [5.74, 6) is 0. The predicted molar refractivity (Wildman–Crippen MR) is 59.4 cm³/mol. The first-order valence-corrected chi connectivity index (χ1v) is 4.90. The van der Waals surface area contributed by atoms with E-state index in [1.54, 1.807) is 4.68 Å². The van der Waals surface area contributed by atoms with Crippen LogP contribution in [-0.4, -0.2) is 9.78 Å². The van der Waals surface area contributed by atoms with Crippen molar-refractivity contribution in [3.8, 4) is 6.07 Å². The van der Waals surface area contributed by atoms with Gasteiger partial charge in [-0.1, -0.05) is 18.2 Å². The lowest BCUT2D eigenvalue weighted by Gasteiger charge is -2.15. The molecule has 1 aromatic heterocycles. The van der Waals surface area contributed by atoms with Crippen molar-refractivity contribution in [1.82, 2.24) is 9.78 Å². The van der Waals surface area contributed by atoms with Gasteiger partial charge in [0.25, 0.3) is 0 Å². The van der Waals surface area contributed by atoms with Crippen LogP contribution in [0.4, 0.5) is 0 Å². The first-order valence-electron chi connectivity index (χ1n) is 4.90. The highest BCUT2D eigenvalue weighted by atomic mass is 15.3. The topological polar surface area (TPSA) is 41.6 Å². The van der Waals surface area contributed by atoms with E-state index in [1.807, 2.05) is 45.2 Å². The first-order chi connectivity index (χ1) is 7.06. The Morgan fingerprint density at radius 1 is 1.33 bits per heavy atom. The van der Waals surface area contributed by atoms with Crippen molar-refractivity contribution in [2.45, 2.75) is 19.3 Å². The summed E-state index contributed by atoms with van der Waals surface area (Å²) in [4.78, 5) is 0. The lowest BCUT2D eigenvalue weighted by Crippen LogP contribution is -2.18. The first kappa shape index (κ1) is 9.72. The number of hydrogen-bond acceptors (Lipinski definition) is 2. The van der Waals surface area contributed by atoms with Gasteiger partial charge in [0.1, 0.15) is 0 Å². The van der Waals surface area contributed by atoms with Crippen molar-refractivity contribution in [3.05, 3.63) is 30.0 Å². The summed E-state index contributed by atoms with van der Waals surface area (Å²) < 4.78 is 1.80. The zero-order chi connectivity index (χ0) is 11.1. The summed E-state index contributed by atoms with van der Waals surface area (Å²) in [6.45, 7) is 3.83. The van der Waals surface area contributed by atoms with E-state index < -0.39 is 5.41 Å². The van der Waals surface area contributed by atoms with Gasteiger partial charge < -0.3 is 0 Å². The molecule has 0 bridgehead atoms. The van der Waals surface area contributed by atoms with Crippen LogP contribution >= 0.6 is 0 Å². The normalized spacial score (nSPS) is 11.6. The number of aryl methyl sites for hydroxylation is 1. The van der Waals surface area contributed by atoms with Crippen LogP contribution < -0.4 is 0 Å². The second-order valence-corrected chi connectivity index (χ2v) is 4.23. The monoisotopic (exact) mass is 199 g/mol. The van der Waals surface area contributed by atoms with Gasteiger partial charge in [-0.05, 0) is 19.9 Å². The third-order valence-electron chi connectivity index (χ3n) is 2.61. The molecule has 0 N–H and O–H groups in total. The van der Waals surface area contributed by atoms with Crippen molar-refractivity contribution >= 4 is 10.9 Å². The largest absolute Gasteiger partial charge is 0.270 e. The summed E-state index contributed by atoms with van der Waals surface area (Å²) in [5, 5.41) is 14.6. The van der Waals surface area contributed by atoms with E-state index in [-0.39, 0.29) is 0 Å². The van der Waals surface area contributed by atoms with Gasteiger partial charge in [0.15, 0.2) is 0 Å². The summed E-state index contributed by atoms with van der Waals surface area (Å²) in [6.07, 6.45) is 0. The van der Waals surface area contributed by atoms with E-state index in [4.69, 9.17) is 5.26 Å². The van der Waals surface area contributed by atoms with E-state index >= 15 is 0 Å². The molecule has 0 saturated heterocycles. The standard InChI is InChI=1S/C12H13N3/c1-12(2,8-13)11-9-6-4-5-7-10(9)14-15(11)3/h4-7H,1-3H3. The molecule has 0 amide bonds. The number of benzene rings is 1. The second kappa shape index (κ2) is 3.09. The van der Waals surface area contributed by atoms with Crippen LogP contribution in [0.1, 0.15) is 19.5 Å². The molecule has 0 unspecified atom stereocenters. The number of nitrogens with zero attached hydrogens (tertiary/aromatic N) is 3. The molecule has 2 aromatic rings. The lowest BCUT2D eigenvalue weighted by atomic mass is 9.89. The van der Waals surface area contributed by atoms with Crippen molar-refractivity contribution in [1.29, 1.82) is 5.26 Å². The highest BCUT2D eigenvalue weighted by Gasteiger charge is 2.26. The smallest absolute Gasteiger partial charge is 0.0940 e. The molecule has 0 spiro atoms. The highest BCUT2D eigenvalue weighted by molar-refractivity contribution is 5.82. The molecule has 0 aliphatic carbocycles. The molecule has 3 nitrogen and oxygen atoms in total. The molecule has 15 heavy (non-hydrogen) atoms. The number of nitriles is 1. The van der Waals surface area contributed by atoms with Crippen LogP contribution in [-0.2, 0) is 12.5 Å². The van der Waals surface area contributed by atoms with Crippen LogP contribution in [0.25, 0.3) is 10.9 Å². The predicted octanol–water partition coefficient (Wildman–Crippen LogP) is 2.37. The minimum Gasteiger partial charge on any atom is -0.270 e. The fourth-order valence-corrected chi connectivity index (χ4v) is 1.94. The maximum Gasteiger partial charge on any atom is 0.0940 e. The minimum atomic E-state index is -0.509. The summed E-state index contributed by atoms with van der Waals surface area (Å²) in [6, 6.07) is 10.2. The Balaban J connectivity index is 2.82. The van der Waals surface area contributed by atoms with Gasteiger partial charge in [0.2, 0.25) is 0 Å². The van der Waals surface area contributed by atoms with E-state index in [1.165, 1.54) is 0 Å². The summed E-state index contributed by atoms with van der Waals surface area (Å²) in [7, 11) is 1.88. The van der Waals surface area contributed by atoms with Gasteiger partial charge >= 0.3 is 0 Å². The summed E-state index contributed by atoms with van der Waals surface area (Å²) >= 11 is 0. The third kappa shape index (κ3) is 1.39. The van der Waals surface area contributed by atoms with E-state index in [2.05, 4.69) is 11.2 Å². The van der Waals surface area contributed by atoms with Crippen LogP contribution in [0.3, 0.4) is 0 Å². The zero-order valence-corrected chi connectivity index (χ0v) is 9.15. The minimum absolute atomic E-state index is 0.509. The van der Waals surface area contributed by atoms with Crippen LogP contribution in [0.15, 0.2) is 24.3 Å². The molecule has 76 valence electrons. The Morgan fingerprint density at radius 3 is 2.67 bits per heavy atom. The number of aromatic nitrogens is 2. The summed E-state index contributed by atoms with van der Waals surface area (Å²) in [5.41, 5.74) is 1.41. The van der Waals surface area contributed by atoms with Gasteiger partial charge in [-0.2, -0.15) is 10.4 Å². The maximum atomic E-state index is 9.16. The number of hydrogen-bond donors (Lipinski definition) is 0. The average Bonchev–Trinajstić information content (AvgIpc) is 2.54. The highest BCUT2D eigenvalue weighted by Crippen LogP contribution is 2.28. The van der Waals surface area contributed by atoms with Gasteiger partial charge in [0.05, 0.1) is 22.7 Å². The molecule has 0 radical (unpaired) electrons. The molecule has 0 atom stereocenters. The van der Waals surface area contributed by atoms with Crippen molar-refractivity contribution < 1.29 is 0 Å². The van der Waals surface area contributed by atoms with Crippen molar-refractivity contribution in [2.75, 3.05) is 0 Å². The molecule has 0 saturated carbocycles. The average molecular weight is 199 g/mol. The Labute approximate surface area is 88.9 Å². The van der Waals surface area contributed by atoms with Gasteiger partial charge in [0, 0.05) is 12.4 Å². The number of rotatable bonds is 1. The van der Waals surface area contributed by atoms with Gasteiger partial charge in [-0.25, -0.2) is 0 Å². The quantitative estimate of drug-likeness (QED) is 0.707. The zero-order valence-electron chi connectivity index (χ0n) is 9.15. The molecule has 0 fully saturated rings. The van der Waals surface area contributed by atoms with E-state index in [0.717, 1.165) is 16.6 Å². The van der Waals surface area contributed by atoms with Crippen LogP contribution in [0, 0.1) is 11.3 Å². The molecule has 2 rings (SSSR count). The molecule has 1 aromatic carbocycles. The third-order valence-corrected chi connectivity index (χ3v) is 2.61.